The molecule has 0 aliphatic rings. The first kappa shape index (κ1) is 17.5. The number of ether oxygens (including phenoxy) is 2. The van der Waals surface area contributed by atoms with Gasteiger partial charge < -0.3 is 14.8 Å². The molecular formula is C17H27NO3. The SMILES string of the molecule is CCC[C@@](C)(OCC)C(=O)Nc1ccc(OC(C)C)cc1. The molecule has 4 nitrogen and oxygen atoms in total. The molecule has 0 unspecified atom stereocenters. The lowest BCUT2D eigenvalue weighted by atomic mass is 9.99. The highest BCUT2D eigenvalue weighted by molar-refractivity contribution is 5.97. The molecule has 0 aliphatic heterocycles. The summed E-state index contributed by atoms with van der Waals surface area (Å²) in [5.41, 5.74) is -0.0329. The fraction of sp³-hybridized carbons (Fsp3) is 0.588. The first-order chi connectivity index (χ1) is 9.91. The number of rotatable bonds is 8. The summed E-state index contributed by atoms with van der Waals surface area (Å²) >= 11 is 0. The molecule has 0 aromatic heterocycles. The molecule has 1 N–H and O–H groups in total. The second-order valence-electron chi connectivity index (χ2n) is 5.56. The van der Waals surface area contributed by atoms with Gasteiger partial charge in [0.1, 0.15) is 11.4 Å². The predicted octanol–water partition coefficient (Wildman–Crippen LogP) is 4.01. The number of amides is 1. The highest BCUT2D eigenvalue weighted by atomic mass is 16.5. The maximum absolute atomic E-state index is 12.4. The van der Waals surface area contributed by atoms with Crippen LogP contribution in [0.3, 0.4) is 0 Å². The van der Waals surface area contributed by atoms with Gasteiger partial charge in [-0.15, -0.1) is 0 Å². The Hall–Kier alpha value is -1.55. The number of benzene rings is 1. The number of anilines is 1. The largest absolute Gasteiger partial charge is 0.491 e. The predicted molar refractivity (Wildman–Crippen MR) is 85.8 cm³/mol. The van der Waals surface area contributed by atoms with E-state index in [0.29, 0.717) is 13.0 Å². The lowest BCUT2D eigenvalue weighted by Crippen LogP contribution is -2.42. The Balaban J connectivity index is 2.72. The minimum atomic E-state index is -0.781. The van der Waals surface area contributed by atoms with Gasteiger partial charge in [-0.05, 0) is 58.4 Å². The van der Waals surface area contributed by atoms with Gasteiger partial charge in [-0.1, -0.05) is 13.3 Å². The summed E-state index contributed by atoms with van der Waals surface area (Å²) in [6.45, 7) is 10.3. The Morgan fingerprint density at radius 2 is 1.86 bits per heavy atom. The molecule has 4 heteroatoms. The maximum Gasteiger partial charge on any atom is 0.256 e. The van der Waals surface area contributed by atoms with E-state index in [4.69, 9.17) is 9.47 Å². The van der Waals surface area contributed by atoms with Gasteiger partial charge in [0.25, 0.3) is 5.91 Å². The van der Waals surface area contributed by atoms with Crippen molar-refractivity contribution in [3.05, 3.63) is 24.3 Å². The number of carbonyl (C=O) groups excluding carboxylic acids is 1. The van der Waals surface area contributed by atoms with E-state index >= 15 is 0 Å². The molecule has 1 atom stereocenters. The van der Waals surface area contributed by atoms with E-state index in [1.807, 2.05) is 58.9 Å². The van der Waals surface area contributed by atoms with Gasteiger partial charge in [-0.2, -0.15) is 0 Å². The normalized spacial score (nSPS) is 13.8. The Kier molecular flexibility index (Phi) is 6.69. The second kappa shape index (κ2) is 8.03. The number of hydrogen-bond acceptors (Lipinski definition) is 3. The lowest BCUT2D eigenvalue weighted by molar-refractivity contribution is -0.139. The summed E-state index contributed by atoms with van der Waals surface area (Å²) in [7, 11) is 0. The third-order valence-corrected chi connectivity index (χ3v) is 3.15. The highest BCUT2D eigenvalue weighted by Gasteiger charge is 2.32. The van der Waals surface area contributed by atoms with Crippen LogP contribution in [0.5, 0.6) is 5.75 Å². The number of hydrogen-bond donors (Lipinski definition) is 1. The molecule has 0 radical (unpaired) electrons. The zero-order valence-electron chi connectivity index (χ0n) is 13.7. The molecular weight excluding hydrogens is 266 g/mol. The van der Waals surface area contributed by atoms with E-state index in [0.717, 1.165) is 17.9 Å². The van der Waals surface area contributed by atoms with E-state index in [9.17, 15) is 4.79 Å². The molecule has 21 heavy (non-hydrogen) atoms. The lowest BCUT2D eigenvalue weighted by Gasteiger charge is -2.27. The van der Waals surface area contributed by atoms with E-state index < -0.39 is 5.60 Å². The third kappa shape index (κ3) is 5.38. The molecule has 0 bridgehead atoms. The minimum absolute atomic E-state index is 0.108. The van der Waals surface area contributed by atoms with Crippen molar-refractivity contribution in [3.8, 4) is 5.75 Å². The van der Waals surface area contributed by atoms with Gasteiger partial charge >= 0.3 is 0 Å². The van der Waals surface area contributed by atoms with Crippen LogP contribution < -0.4 is 10.1 Å². The van der Waals surface area contributed by atoms with Gasteiger partial charge in [0.05, 0.1) is 6.10 Å². The topological polar surface area (TPSA) is 47.6 Å². The Morgan fingerprint density at radius 3 is 2.33 bits per heavy atom. The maximum atomic E-state index is 12.4. The molecule has 1 aromatic carbocycles. The van der Waals surface area contributed by atoms with Crippen molar-refractivity contribution in [1.29, 1.82) is 0 Å². The van der Waals surface area contributed by atoms with Crippen molar-refractivity contribution >= 4 is 11.6 Å². The van der Waals surface area contributed by atoms with Crippen LogP contribution in [0.2, 0.25) is 0 Å². The fourth-order valence-electron chi connectivity index (χ4n) is 2.20. The first-order valence-corrected chi connectivity index (χ1v) is 7.63. The van der Waals surface area contributed by atoms with Crippen LogP contribution in [0.25, 0.3) is 0 Å². The van der Waals surface area contributed by atoms with Crippen molar-refractivity contribution in [2.24, 2.45) is 0 Å². The van der Waals surface area contributed by atoms with Gasteiger partial charge in [0.15, 0.2) is 0 Å². The van der Waals surface area contributed by atoms with E-state index in [2.05, 4.69) is 5.32 Å². The third-order valence-electron chi connectivity index (χ3n) is 3.15. The number of carbonyl (C=O) groups is 1. The van der Waals surface area contributed by atoms with E-state index in [1.165, 1.54) is 0 Å². The van der Waals surface area contributed by atoms with Crippen LogP contribution in [-0.4, -0.2) is 24.2 Å². The van der Waals surface area contributed by atoms with Gasteiger partial charge in [-0.25, -0.2) is 0 Å². The first-order valence-electron chi connectivity index (χ1n) is 7.63. The van der Waals surface area contributed by atoms with Crippen molar-refractivity contribution in [3.63, 3.8) is 0 Å². The Labute approximate surface area is 127 Å². The standard InChI is InChI=1S/C17H27NO3/c1-6-12-17(5,20-7-2)16(19)18-14-8-10-15(11-9-14)21-13(3)4/h8-11,13H,6-7,12H2,1-5H3,(H,18,19)/t17-/m1/s1. The minimum Gasteiger partial charge on any atom is -0.491 e. The van der Waals surface area contributed by atoms with Crippen molar-refractivity contribution in [1.82, 2.24) is 0 Å². The second-order valence-corrected chi connectivity index (χ2v) is 5.56. The van der Waals surface area contributed by atoms with Crippen LogP contribution in [0, 0.1) is 0 Å². The quantitative estimate of drug-likeness (QED) is 0.788. The summed E-state index contributed by atoms with van der Waals surface area (Å²) in [6, 6.07) is 7.39. The molecule has 0 saturated carbocycles. The average molecular weight is 293 g/mol. The molecule has 0 fully saturated rings. The molecule has 1 aromatic rings. The highest BCUT2D eigenvalue weighted by Crippen LogP contribution is 2.22. The average Bonchev–Trinajstić information content (AvgIpc) is 2.41. The van der Waals surface area contributed by atoms with E-state index in [-0.39, 0.29) is 12.0 Å². The number of nitrogens with one attached hydrogen (secondary N) is 1. The summed E-state index contributed by atoms with van der Waals surface area (Å²) < 4.78 is 11.2. The van der Waals surface area contributed by atoms with Crippen LogP contribution >= 0.6 is 0 Å². The molecule has 0 aliphatic carbocycles. The Bertz CT molecular complexity index is 434. The van der Waals surface area contributed by atoms with Gasteiger partial charge in [0, 0.05) is 12.3 Å². The molecule has 0 heterocycles. The van der Waals surface area contributed by atoms with E-state index in [1.54, 1.807) is 0 Å². The molecule has 1 amide bonds. The molecule has 0 saturated heterocycles. The summed E-state index contributed by atoms with van der Waals surface area (Å²) in [5, 5.41) is 2.91. The Morgan fingerprint density at radius 1 is 1.24 bits per heavy atom. The zero-order chi connectivity index (χ0) is 15.9. The van der Waals surface area contributed by atoms with Gasteiger partial charge in [0.2, 0.25) is 0 Å². The molecule has 118 valence electrons. The van der Waals surface area contributed by atoms with Crippen LogP contribution in [0.1, 0.15) is 47.5 Å². The zero-order valence-corrected chi connectivity index (χ0v) is 13.7. The fourth-order valence-corrected chi connectivity index (χ4v) is 2.20. The van der Waals surface area contributed by atoms with Crippen molar-refractivity contribution in [2.75, 3.05) is 11.9 Å². The molecule has 1 rings (SSSR count). The van der Waals surface area contributed by atoms with Crippen LogP contribution in [0.4, 0.5) is 5.69 Å². The smallest absolute Gasteiger partial charge is 0.256 e. The van der Waals surface area contributed by atoms with Crippen molar-refractivity contribution in [2.45, 2.75) is 59.2 Å². The summed E-state index contributed by atoms with van der Waals surface area (Å²) in [5.74, 6) is 0.688. The van der Waals surface area contributed by atoms with Crippen LogP contribution in [0.15, 0.2) is 24.3 Å². The molecule has 0 spiro atoms. The summed E-state index contributed by atoms with van der Waals surface area (Å²) in [6.07, 6.45) is 1.72. The monoisotopic (exact) mass is 293 g/mol. The van der Waals surface area contributed by atoms with Crippen molar-refractivity contribution < 1.29 is 14.3 Å². The van der Waals surface area contributed by atoms with Crippen LogP contribution in [-0.2, 0) is 9.53 Å². The summed E-state index contributed by atoms with van der Waals surface area (Å²) in [4.78, 5) is 12.4. The van der Waals surface area contributed by atoms with Gasteiger partial charge in [-0.3, -0.25) is 4.79 Å².